The first-order valence-corrected chi connectivity index (χ1v) is 3.29. The van der Waals surface area contributed by atoms with Crippen LogP contribution < -0.4 is 0 Å². The highest BCUT2D eigenvalue weighted by Gasteiger charge is 1.70. The molecule has 0 aliphatic heterocycles. The van der Waals surface area contributed by atoms with Gasteiger partial charge in [-0.2, -0.15) is 0 Å². The first kappa shape index (κ1) is 9.60. The lowest BCUT2D eigenvalue weighted by Gasteiger charge is -1.80. The molecule has 0 saturated heterocycles. The standard InChI is InChI=1S/C9H12N2/c1-4-10-7-8-11-6-5-9(2)3/h5-6,8H,1-2,7H2,3H3/b6-5-,11-8?. The second kappa shape index (κ2) is 6.72. The van der Waals surface area contributed by atoms with Gasteiger partial charge in [0.25, 0.3) is 0 Å². The number of hydrogen-bond acceptors (Lipinski definition) is 2. The Hall–Kier alpha value is -1.40. The molecule has 0 bridgehead atoms. The monoisotopic (exact) mass is 148 g/mol. The van der Waals surface area contributed by atoms with E-state index in [4.69, 9.17) is 0 Å². The quantitative estimate of drug-likeness (QED) is 0.430. The third-order valence-electron chi connectivity index (χ3n) is 0.835. The van der Waals surface area contributed by atoms with E-state index < -0.39 is 0 Å². The van der Waals surface area contributed by atoms with Crippen LogP contribution in [0.1, 0.15) is 6.92 Å². The van der Waals surface area contributed by atoms with Crippen molar-refractivity contribution in [1.82, 2.24) is 0 Å². The van der Waals surface area contributed by atoms with Gasteiger partial charge in [-0.3, -0.25) is 4.99 Å². The molecular formula is C9H12N2. The molecule has 0 aromatic heterocycles. The molecule has 0 amide bonds. The van der Waals surface area contributed by atoms with Crippen molar-refractivity contribution in [3.63, 3.8) is 0 Å². The summed E-state index contributed by atoms with van der Waals surface area (Å²) in [7, 11) is 0. The zero-order chi connectivity index (χ0) is 8.53. The van der Waals surface area contributed by atoms with Gasteiger partial charge < -0.3 is 0 Å². The van der Waals surface area contributed by atoms with Crippen LogP contribution >= 0.6 is 0 Å². The molecule has 0 atom stereocenters. The highest BCUT2D eigenvalue weighted by molar-refractivity contribution is 5.63. The van der Waals surface area contributed by atoms with Crippen molar-refractivity contribution in [2.45, 2.75) is 6.92 Å². The fraction of sp³-hybridized carbons (Fsp3) is 0.222. The third kappa shape index (κ3) is 8.60. The molecule has 0 fully saturated rings. The van der Waals surface area contributed by atoms with Gasteiger partial charge in [-0.1, -0.05) is 12.2 Å². The molecule has 0 aromatic carbocycles. The van der Waals surface area contributed by atoms with Crippen molar-refractivity contribution >= 4 is 12.1 Å². The Morgan fingerprint density at radius 2 is 2.36 bits per heavy atom. The summed E-state index contributed by atoms with van der Waals surface area (Å²) >= 11 is 0. The van der Waals surface area contributed by atoms with Gasteiger partial charge in [0.2, 0.25) is 0 Å². The summed E-state index contributed by atoms with van der Waals surface area (Å²) < 4.78 is 0. The molecule has 0 spiro atoms. The van der Waals surface area contributed by atoms with Crippen LogP contribution in [0.5, 0.6) is 0 Å². The second-order valence-corrected chi connectivity index (χ2v) is 1.99. The zero-order valence-corrected chi connectivity index (χ0v) is 6.75. The van der Waals surface area contributed by atoms with E-state index >= 15 is 0 Å². The Bertz CT molecular complexity index is 218. The minimum Gasteiger partial charge on any atom is -0.267 e. The maximum atomic E-state index is 3.92. The van der Waals surface area contributed by atoms with Crippen molar-refractivity contribution in [3.05, 3.63) is 31.0 Å². The van der Waals surface area contributed by atoms with Gasteiger partial charge in [-0.05, 0) is 25.4 Å². The Kier molecular flexibility index (Phi) is 5.86. The lowest BCUT2D eigenvalue weighted by Crippen LogP contribution is -1.77. The molecule has 0 rings (SSSR count). The van der Waals surface area contributed by atoms with Crippen LogP contribution in [-0.2, 0) is 0 Å². The van der Waals surface area contributed by atoms with E-state index in [2.05, 4.69) is 29.0 Å². The summed E-state index contributed by atoms with van der Waals surface area (Å²) in [6.07, 6.45) is 5.19. The van der Waals surface area contributed by atoms with Gasteiger partial charge in [-0.25, -0.2) is 4.99 Å². The fourth-order valence-corrected chi connectivity index (χ4v) is 0.384. The molecule has 0 aliphatic carbocycles. The predicted molar refractivity (Wildman–Crippen MR) is 50.4 cm³/mol. The molecule has 0 N–H and O–H groups in total. The average molecular weight is 148 g/mol. The molecule has 2 heteroatoms. The molecule has 0 saturated carbocycles. The van der Waals surface area contributed by atoms with Gasteiger partial charge in [0.05, 0.1) is 6.54 Å². The van der Waals surface area contributed by atoms with Crippen LogP contribution in [0.4, 0.5) is 0 Å². The van der Waals surface area contributed by atoms with Gasteiger partial charge in [0.1, 0.15) is 0 Å². The summed E-state index contributed by atoms with van der Waals surface area (Å²) in [6.45, 7) is 9.45. The maximum Gasteiger partial charge on any atom is 0.0836 e. The van der Waals surface area contributed by atoms with Gasteiger partial charge >= 0.3 is 0 Å². The minimum atomic E-state index is 0.532. The zero-order valence-electron chi connectivity index (χ0n) is 6.75. The van der Waals surface area contributed by atoms with E-state index in [1.54, 1.807) is 12.4 Å². The normalized spacial score (nSPS) is 10.3. The first-order chi connectivity index (χ1) is 5.27. The topological polar surface area (TPSA) is 24.7 Å². The van der Waals surface area contributed by atoms with Crippen LogP contribution in [0.15, 0.2) is 41.0 Å². The number of aliphatic imine (C=N–C) groups is 2. The summed E-state index contributed by atoms with van der Waals surface area (Å²) in [5, 5.41) is 0. The highest BCUT2D eigenvalue weighted by atomic mass is 14.7. The van der Waals surface area contributed by atoms with Crippen LogP contribution in [0, 0.1) is 0 Å². The van der Waals surface area contributed by atoms with Gasteiger partial charge in [0.15, 0.2) is 0 Å². The number of nitrogens with zero attached hydrogens (tertiary/aromatic N) is 2. The van der Waals surface area contributed by atoms with Crippen molar-refractivity contribution in [2.24, 2.45) is 9.98 Å². The predicted octanol–water partition coefficient (Wildman–Crippen LogP) is 2.00. The summed E-state index contributed by atoms with van der Waals surface area (Å²) in [5.41, 5.74) is 0.981. The van der Waals surface area contributed by atoms with E-state index in [-0.39, 0.29) is 0 Å². The maximum absolute atomic E-state index is 3.92. The van der Waals surface area contributed by atoms with E-state index in [0.717, 1.165) is 5.57 Å². The summed E-state index contributed by atoms with van der Waals surface area (Å²) in [6, 6.07) is 0. The van der Waals surface area contributed by atoms with Crippen LogP contribution in [-0.4, -0.2) is 18.6 Å². The Balaban J connectivity index is 3.59. The van der Waals surface area contributed by atoms with Crippen LogP contribution in [0.25, 0.3) is 0 Å². The molecule has 0 unspecified atom stereocenters. The van der Waals surface area contributed by atoms with Crippen molar-refractivity contribution < 1.29 is 0 Å². The summed E-state index contributed by atoms with van der Waals surface area (Å²) in [4.78, 5) is 7.64. The molecule has 58 valence electrons. The van der Waals surface area contributed by atoms with Crippen LogP contribution in [0.3, 0.4) is 0 Å². The number of hydrogen-bond donors (Lipinski definition) is 0. The first-order valence-electron chi connectivity index (χ1n) is 3.29. The van der Waals surface area contributed by atoms with Gasteiger partial charge in [-0.15, -0.1) is 0 Å². The van der Waals surface area contributed by atoms with E-state index in [1.165, 1.54) is 0 Å². The average Bonchev–Trinajstić information content (AvgIpc) is 1.96. The Morgan fingerprint density at radius 3 is 2.91 bits per heavy atom. The Morgan fingerprint density at radius 1 is 1.64 bits per heavy atom. The van der Waals surface area contributed by atoms with Crippen LogP contribution in [0.2, 0.25) is 0 Å². The highest BCUT2D eigenvalue weighted by Crippen LogP contribution is 1.87. The molecule has 2 nitrogen and oxygen atoms in total. The van der Waals surface area contributed by atoms with Crippen molar-refractivity contribution in [2.75, 3.05) is 6.54 Å². The van der Waals surface area contributed by atoms with E-state index in [9.17, 15) is 0 Å². The molecule has 0 aliphatic rings. The Labute approximate surface area is 67.4 Å². The van der Waals surface area contributed by atoms with E-state index in [0.29, 0.717) is 6.54 Å². The van der Waals surface area contributed by atoms with E-state index in [1.807, 2.05) is 13.0 Å². The number of allylic oxidation sites excluding steroid dienone is 2. The molecule has 0 heterocycles. The number of rotatable bonds is 4. The second-order valence-electron chi connectivity index (χ2n) is 1.99. The molecule has 0 radical (unpaired) electrons. The largest absolute Gasteiger partial charge is 0.267 e. The van der Waals surface area contributed by atoms with Crippen molar-refractivity contribution in [1.29, 1.82) is 0 Å². The minimum absolute atomic E-state index is 0.532. The lowest BCUT2D eigenvalue weighted by atomic mass is 10.3. The fourth-order valence-electron chi connectivity index (χ4n) is 0.384. The van der Waals surface area contributed by atoms with Crippen molar-refractivity contribution in [3.8, 4) is 0 Å². The van der Waals surface area contributed by atoms with Gasteiger partial charge in [0, 0.05) is 12.4 Å². The molecular weight excluding hydrogens is 136 g/mol. The lowest BCUT2D eigenvalue weighted by molar-refractivity contribution is 1.33. The molecule has 11 heavy (non-hydrogen) atoms. The summed E-state index contributed by atoms with van der Waals surface area (Å²) in [5.74, 6) is 2.41. The SMILES string of the molecule is C=C=NCC=N/C=C\C(=C)C. The smallest absolute Gasteiger partial charge is 0.0836 e. The third-order valence-corrected chi connectivity index (χ3v) is 0.835. The molecule has 0 aromatic rings.